The summed E-state index contributed by atoms with van der Waals surface area (Å²) in [4.78, 5) is 31.1. The Balaban J connectivity index is 4.02. The van der Waals surface area contributed by atoms with E-state index in [0.29, 0.717) is 0 Å². The van der Waals surface area contributed by atoms with Gasteiger partial charge in [-0.2, -0.15) is 0 Å². The molecule has 6 heteroatoms. The maximum atomic E-state index is 10.5. The normalized spacial score (nSPS) is 12.1. The number of carboxylic acids is 2. The zero-order chi connectivity index (χ0) is 10.4. The minimum Gasteiger partial charge on any atom is -0.481 e. The molecule has 13 heavy (non-hydrogen) atoms. The minimum absolute atomic E-state index is 0.0109. The van der Waals surface area contributed by atoms with Crippen molar-refractivity contribution in [2.24, 2.45) is 5.92 Å². The van der Waals surface area contributed by atoms with Crippen molar-refractivity contribution in [3.8, 4) is 0 Å². The minimum atomic E-state index is -1.18. The van der Waals surface area contributed by atoms with Crippen LogP contribution in [0.5, 0.6) is 0 Å². The van der Waals surface area contributed by atoms with E-state index in [1.165, 1.54) is 6.92 Å². The largest absolute Gasteiger partial charge is 0.481 e. The Hall–Kier alpha value is -1.04. The first-order chi connectivity index (χ1) is 5.93. The highest BCUT2D eigenvalue weighted by molar-refractivity contribution is 8.13. The van der Waals surface area contributed by atoms with E-state index < -0.39 is 24.3 Å². The van der Waals surface area contributed by atoms with E-state index in [9.17, 15) is 14.4 Å². The maximum absolute atomic E-state index is 10.5. The van der Waals surface area contributed by atoms with E-state index >= 15 is 0 Å². The quantitative estimate of drug-likeness (QED) is 0.678. The van der Waals surface area contributed by atoms with Crippen LogP contribution < -0.4 is 0 Å². The van der Waals surface area contributed by atoms with Gasteiger partial charge >= 0.3 is 11.9 Å². The van der Waals surface area contributed by atoms with Crippen LogP contribution in [-0.4, -0.2) is 33.0 Å². The van der Waals surface area contributed by atoms with Crippen LogP contribution in [0, 0.1) is 5.92 Å². The van der Waals surface area contributed by atoms with Crippen molar-refractivity contribution in [1.82, 2.24) is 0 Å². The Morgan fingerprint density at radius 3 is 2.15 bits per heavy atom. The molecule has 2 N–H and O–H groups in total. The highest BCUT2D eigenvalue weighted by Gasteiger charge is 2.21. The molecule has 0 unspecified atom stereocenters. The molecule has 0 saturated heterocycles. The van der Waals surface area contributed by atoms with Gasteiger partial charge in [0.2, 0.25) is 0 Å². The Kier molecular flexibility index (Phi) is 5.13. The van der Waals surface area contributed by atoms with Gasteiger partial charge in [0.25, 0.3) is 0 Å². The van der Waals surface area contributed by atoms with E-state index in [-0.39, 0.29) is 10.9 Å². The molecule has 0 aromatic rings. The molecule has 0 aromatic heterocycles. The number of hydrogen-bond acceptors (Lipinski definition) is 4. The molecule has 1 atom stereocenters. The molecular formula is C7H10O5S. The van der Waals surface area contributed by atoms with Crippen LogP contribution in [0.3, 0.4) is 0 Å². The summed E-state index contributed by atoms with van der Waals surface area (Å²) in [7, 11) is 0. The van der Waals surface area contributed by atoms with Gasteiger partial charge in [-0.25, -0.2) is 0 Å². The van der Waals surface area contributed by atoms with Crippen LogP contribution in [-0.2, 0) is 14.4 Å². The molecule has 0 spiro atoms. The zero-order valence-corrected chi connectivity index (χ0v) is 7.84. The summed E-state index contributed by atoms with van der Waals surface area (Å²) in [6.45, 7) is 1.31. The molecule has 0 aliphatic carbocycles. The Morgan fingerprint density at radius 2 is 1.85 bits per heavy atom. The molecule has 0 rings (SSSR count). The molecule has 0 aromatic carbocycles. The van der Waals surface area contributed by atoms with Gasteiger partial charge in [-0.1, -0.05) is 11.8 Å². The fraction of sp³-hybridized carbons (Fsp3) is 0.571. The third-order valence-corrected chi connectivity index (χ3v) is 2.23. The van der Waals surface area contributed by atoms with E-state index in [4.69, 9.17) is 10.2 Å². The summed E-state index contributed by atoms with van der Waals surface area (Å²) >= 11 is 0.827. The first-order valence-corrected chi connectivity index (χ1v) is 4.50. The number of thioether (sulfide) groups is 1. The van der Waals surface area contributed by atoms with Gasteiger partial charge in [0.15, 0.2) is 5.12 Å². The zero-order valence-electron chi connectivity index (χ0n) is 7.02. The molecular weight excluding hydrogens is 196 g/mol. The van der Waals surface area contributed by atoms with Crippen LogP contribution in [0.1, 0.15) is 13.3 Å². The van der Waals surface area contributed by atoms with Gasteiger partial charge in [-0.15, -0.1) is 0 Å². The van der Waals surface area contributed by atoms with Gasteiger partial charge in [-0.05, 0) is 0 Å². The second-order valence-electron chi connectivity index (χ2n) is 2.44. The summed E-state index contributed by atoms with van der Waals surface area (Å²) in [5.41, 5.74) is 0. The average Bonchev–Trinajstić information content (AvgIpc) is 1.96. The number of carbonyl (C=O) groups excluding carboxylic acids is 1. The molecule has 5 nitrogen and oxygen atoms in total. The van der Waals surface area contributed by atoms with Crippen LogP contribution in [0.2, 0.25) is 0 Å². The number of aliphatic carboxylic acids is 2. The van der Waals surface area contributed by atoms with Crippen molar-refractivity contribution in [2.45, 2.75) is 13.3 Å². The van der Waals surface area contributed by atoms with Gasteiger partial charge < -0.3 is 10.2 Å². The molecule has 0 bridgehead atoms. The van der Waals surface area contributed by atoms with Crippen molar-refractivity contribution < 1.29 is 24.6 Å². The number of carbonyl (C=O) groups is 3. The lowest BCUT2D eigenvalue weighted by Crippen LogP contribution is -2.20. The molecule has 0 fully saturated rings. The number of hydrogen-bond donors (Lipinski definition) is 2. The first-order valence-electron chi connectivity index (χ1n) is 3.51. The molecule has 0 heterocycles. The molecule has 0 radical (unpaired) electrons. The highest BCUT2D eigenvalue weighted by Crippen LogP contribution is 2.13. The summed E-state index contributed by atoms with van der Waals surface area (Å²) in [6, 6.07) is 0. The van der Waals surface area contributed by atoms with Crippen molar-refractivity contribution in [3.05, 3.63) is 0 Å². The third kappa shape index (κ3) is 6.15. The fourth-order valence-corrected chi connectivity index (χ4v) is 1.34. The number of rotatable bonds is 5. The lowest BCUT2D eigenvalue weighted by atomic mass is 10.1. The van der Waals surface area contributed by atoms with E-state index in [1.807, 2.05) is 0 Å². The highest BCUT2D eigenvalue weighted by atomic mass is 32.2. The predicted octanol–water partition coefficient (Wildman–Crippen LogP) is 0.442. The summed E-state index contributed by atoms with van der Waals surface area (Å²) < 4.78 is 0. The SMILES string of the molecule is CC(=O)SC[C@@H](CC(=O)O)C(=O)O. The summed E-state index contributed by atoms with van der Waals surface area (Å²) in [5.74, 6) is -3.34. The molecule has 0 amide bonds. The second kappa shape index (κ2) is 5.58. The monoisotopic (exact) mass is 206 g/mol. The molecule has 74 valence electrons. The van der Waals surface area contributed by atoms with Crippen LogP contribution in [0.25, 0.3) is 0 Å². The van der Waals surface area contributed by atoms with Crippen molar-refractivity contribution >= 4 is 28.8 Å². The second-order valence-corrected chi connectivity index (χ2v) is 3.63. The average molecular weight is 206 g/mol. The van der Waals surface area contributed by atoms with Crippen molar-refractivity contribution in [2.75, 3.05) is 5.75 Å². The van der Waals surface area contributed by atoms with Crippen LogP contribution >= 0.6 is 11.8 Å². The van der Waals surface area contributed by atoms with Gasteiger partial charge in [0, 0.05) is 12.7 Å². The van der Waals surface area contributed by atoms with Crippen LogP contribution in [0.4, 0.5) is 0 Å². The topological polar surface area (TPSA) is 91.7 Å². The number of carboxylic acid groups (broad SMARTS) is 2. The van der Waals surface area contributed by atoms with Crippen LogP contribution in [0.15, 0.2) is 0 Å². The lowest BCUT2D eigenvalue weighted by molar-refractivity contribution is -0.147. The Morgan fingerprint density at radius 1 is 1.31 bits per heavy atom. The van der Waals surface area contributed by atoms with Crippen molar-refractivity contribution in [1.29, 1.82) is 0 Å². The standard InChI is InChI=1S/C7H10O5S/c1-4(8)13-3-5(7(11)12)2-6(9)10/h5H,2-3H2,1H3,(H,9,10)(H,11,12)/t5-/m1/s1. The Labute approximate surface area is 79.1 Å². The van der Waals surface area contributed by atoms with Crippen molar-refractivity contribution in [3.63, 3.8) is 0 Å². The smallest absolute Gasteiger partial charge is 0.307 e. The molecule has 0 saturated carbocycles. The first kappa shape index (κ1) is 12.0. The summed E-state index contributed by atoms with van der Waals surface area (Å²) in [5, 5.41) is 16.7. The van der Waals surface area contributed by atoms with E-state index in [1.54, 1.807) is 0 Å². The lowest BCUT2D eigenvalue weighted by Gasteiger charge is -2.06. The predicted molar refractivity (Wildman–Crippen MR) is 46.5 cm³/mol. The fourth-order valence-electron chi connectivity index (χ4n) is 0.646. The van der Waals surface area contributed by atoms with Gasteiger partial charge in [0.05, 0.1) is 12.3 Å². The van der Waals surface area contributed by atoms with Gasteiger partial charge in [-0.3, -0.25) is 14.4 Å². The van der Waals surface area contributed by atoms with Gasteiger partial charge in [0.1, 0.15) is 0 Å². The third-order valence-electron chi connectivity index (χ3n) is 1.26. The van der Waals surface area contributed by atoms with E-state index in [0.717, 1.165) is 11.8 Å². The summed E-state index contributed by atoms with van der Waals surface area (Å²) in [6.07, 6.45) is -0.449. The molecule has 0 aliphatic rings. The maximum Gasteiger partial charge on any atom is 0.307 e. The Bertz CT molecular complexity index is 225. The molecule has 0 aliphatic heterocycles. The van der Waals surface area contributed by atoms with E-state index in [2.05, 4.69) is 0 Å².